The molecule has 1 aliphatic carbocycles. The van der Waals surface area contributed by atoms with E-state index in [0.29, 0.717) is 11.8 Å². The Kier molecular flexibility index (Phi) is 9.68. The first kappa shape index (κ1) is 24.7. The molecule has 33 heavy (non-hydrogen) atoms. The lowest BCUT2D eigenvalue weighted by Crippen LogP contribution is -2.55. The zero-order valence-corrected chi connectivity index (χ0v) is 21.1. The van der Waals surface area contributed by atoms with Gasteiger partial charge in [-0.25, -0.2) is 0 Å². The Morgan fingerprint density at radius 1 is 1.09 bits per heavy atom. The maximum absolute atomic E-state index is 13.4. The second kappa shape index (κ2) is 12.9. The summed E-state index contributed by atoms with van der Waals surface area (Å²) in [6, 6.07) is 10.0. The summed E-state index contributed by atoms with van der Waals surface area (Å²) in [5.74, 6) is 4.17. The number of para-hydroxylation sites is 1. The molecule has 1 saturated carbocycles. The third-order valence-corrected chi connectivity index (χ3v) is 9.18. The van der Waals surface area contributed by atoms with Crippen LogP contribution in [0.25, 0.3) is 0 Å². The number of carbonyl (C=O) groups is 2. The number of piperidine rings is 1. The SMILES string of the molecule is O=C(NC(CSCC1CCCCC1)C(=O)N1CCC(Nc2ccccc2)CC1)C1CSCN1. The number of nitrogens with zero attached hydrogens (tertiary/aromatic N) is 1. The topological polar surface area (TPSA) is 73.5 Å². The number of hydrogen-bond acceptors (Lipinski definition) is 6. The van der Waals surface area contributed by atoms with E-state index in [1.165, 1.54) is 32.1 Å². The first-order chi connectivity index (χ1) is 16.2. The number of amides is 2. The van der Waals surface area contributed by atoms with Crippen LogP contribution in [0.2, 0.25) is 0 Å². The van der Waals surface area contributed by atoms with Crippen LogP contribution in [-0.2, 0) is 9.59 Å². The number of benzene rings is 1. The summed E-state index contributed by atoms with van der Waals surface area (Å²) >= 11 is 3.58. The van der Waals surface area contributed by atoms with Crippen molar-refractivity contribution in [3.63, 3.8) is 0 Å². The number of rotatable bonds is 9. The van der Waals surface area contributed by atoms with E-state index in [9.17, 15) is 9.59 Å². The van der Waals surface area contributed by atoms with Gasteiger partial charge in [-0.1, -0.05) is 37.5 Å². The fraction of sp³-hybridized carbons (Fsp3) is 0.680. The highest BCUT2D eigenvalue weighted by Crippen LogP contribution is 2.27. The highest BCUT2D eigenvalue weighted by atomic mass is 32.2. The molecule has 8 heteroatoms. The molecule has 2 atom stereocenters. The summed E-state index contributed by atoms with van der Waals surface area (Å²) in [6.45, 7) is 1.47. The van der Waals surface area contributed by atoms with E-state index in [4.69, 9.17) is 0 Å². The van der Waals surface area contributed by atoms with E-state index in [1.54, 1.807) is 11.8 Å². The minimum atomic E-state index is -0.433. The van der Waals surface area contributed by atoms with Crippen molar-refractivity contribution in [3.05, 3.63) is 30.3 Å². The number of thioether (sulfide) groups is 2. The Morgan fingerprint density at radius 3 is 2.55 bits per heavy atom. The van der Waals surface area contributed by atoms with Gasteiger partial charge in [0.25, 0.3) is 0 Å². The number of likely N-dealkylation sites (tertiary alicyclic amines) is 1. The van der Waals surface area contributed by atoms with Crippen LogP contribution in [0.3, 0.4) is 0 Å². The summed E-state index contributed by atoms with van der Waals surface area (Å²) in [6.07, 6.45) is 8.50. The summed E-state index contributed by atoms with van der Waals surface area (Å²) in [7, 11) is 0. The van der Waals surface area contributed by atoms with Crippen LogP contribution in [0, 0.1) is 5.92 Å². The van der Waals surface area contributed by atoms with Crippen LogP contribution in [0.1, 0.15) is 44.9 Å². The van der Waals surface area contributed by atoms with Crippen molar-refractivity contribution in [3.8, 4) is 0 Å². The van der Waals surface area contributed by atoms with Gasteiger partial charge in [-0.3, -0.25) is 14.9 Å². The van der Waals surface area contributed by atoms with Gasteiger partial charge in [-0.2, -0.15) is 11.8 Å². The van der Waals surface area contributed by atoms with Gasteiger partial charge in [-0.15, -0.1) is 11.8 Å². The molecule has 0 aromatic heterocycles. The Balaban J connectivity index is 1.29. The molecule has 3 fully saturated rings. The lowest BCUT2D eigenvalue weighted by Gasteiger charge is -2.35. The van der Waals surface area contributed by atoms with Crippen molar-refractivity contribution in [1.29, 1.82) is 0 Å². The van der Waals surface area contributed by atoms with Gasteiger partial charge in [0, 0.05) is 42.2 Å². The zero-order valence-electron chi connectivity index (χ0n) is 19.5. The van der Waals surface area contributed by atoms with E-state index in [2.05, 4.69) is 28.1 Å². The molecule has 1 aromatic rings. The van der Waals surface area contributed by atoms with Crippen LogP contribution in [0.4, 0.5) is 5.69 Å². The monoisotopic (exact) mass is 490 g/mol. The average Bonchev–Trinajstić information content (AvgIpc) is 3.40. The Labute approximate surface area is 206 Å². The molecular formula is C25H38N4O2S2. The lowest BCUT2D eigenvalue weighted by atomic mass is 9.91. The quantitative estimate of drug-likeness (QED) is 0.492. The minimum Gasteiger partial charge on any atom is -0.382 e. The zero-order chi connectivity index (χ0) is 22.9. The number of anilines is 1. The van der Waals surface area contributed by atoms with Gasteiger partial charge in [0.05, 0.1) is 6.04 Å². The van der Waals surface area contributed by atoms with Gasteiger partial charge < -0.3 is 15.5 Å². The predicted molar refractivity (Wildman–Crippen MR) is 140 cm³/mol. The van der Waals surface area contributed by atoms with Crippen LogP contribution in [-0.4, -0.2) is 71.1 Å². The van der Waals surface area contributed by atoms with Crippen LogP contribution < -0.4 is 16.0 Å². The minimum absolute atomic E-state index is 0.0303. The molecule has 4 rings (SSSR count). The van der Waals surface area contributed by atoms with Crippen LogP contribution in [0.5, 0.6) is 0 Å². The van der Waals surface area contributed by atoms with Crippen molar-refractivity contribution in [2.24, 2.45) is 5.92 Å². The normalized spacial score (nSPS) is 23.3. The third-order valence-electron chi connectivity index (χ3n) is 6.96. The van der Waals surface area contributed by atoms with Gasteiger partial charge in [0.15, 0.2) is 0 Å². The standard InChI is InChI=1S/C25H38N4O2S2/c30-24(22-16-33-18-26-22)28-23(17-32-15-19-7-3-1-4-8-19)25(31)29-13-11-21(12-14-29)27-20-9-5-2-6-10-20/h2,5-6,9-10,19,21-23,26-27H,1,3-4,7-8,11-18H2,(H,28,30). The summed E-state index contributed by atoms with van der Waals surface area (Å²) in [4.78, 5) is 28.2. The lowest BCUT2D eigenvalue weighted by molar-refractivity contribution is -0.136. The summed E-state index contributed by atoms with van der Waals surface area (Å²) in [5.41, 5.74) is 1.13. The van der Waals surface area contributed by atoms with E-state index in [-0.39, 0.29) is 17.9 Å². The Hall–Kier alpha value is -1.38. The molecule has 3 N–H and O–H groups in total. The molecule has 182 valence electrons. The van der Waals surface area contributed by atoms with Crippen LogP contribution in [0.15, 0.2) is 30.3 Å². The molecule has 2 unspecified atom stereocenters. The molecule has 1 aromatic carbocycles. The van der Waals surface area contributed by atoms with Crippen molar-refractivity contribution in [2.75, 3.05) is 41.5 Å². The first-order valence-electron chi connectivity index (χ1n) is 12.5. The molecule has 0 bridgehead atoms. The second-order valence-corrected chi connectivity index (χ2v) is 11.6. The van der Waals surface area contributed by atoms with E-state index >= 15 is 0 Å². The maximum Gasteiger partial charge on any atom is 0.246 e. The van der Waals surface area contributed by atoms with E-state index < -0.39 is 6.04 Å². The first-order valence-corrected chi connectivity index (χ1v) is 14.8. The third kappa shape index (κ3) is 7.55. The molecule has 2 heterocycles. The molecular weight excluding hydrogens is 452 g/mol. The average molecular weight is 491 g/mol. The Bertz CT molecular complexity index is 746. The largest absolute Gasteiger partial charge is 0.382 e. The molecule has 2 amide bonds. The summed E-state index contributed by atoms with van der Waals surface area (Å²) in [5, 5.41) is 9.92. The van der Waals surface area contributed by atoms with Crippen molar-refractivity contribution in [2.45, 2.75) is 63.1 Å². The maximum atomic E-state index is 13.4. The smallest absolute Gasteiger partial charge is 0.246 e. The predicted octanol–water partition coefficient (Wildman–Crippen LogP) is 3.55. The van der Waals surface area contributed by atoms with Crippen molar-refractivity contribution >= 4 is 41.0 Å². The van der Waals surface area contributed by atoms with Crippen LogP contribution >= 0.6 is 23.5 Å². The fourth-order valence-corrected chi connectivity index (χ4v) is 7.16. The molecule has 0 radical (unpaired) electrons. The van der Waals surface area contributed by atoms with Gasteiger partial charge >= 0.3 is 0 Å². The van der Waals surface area contributed by atoms with E-state index in [1.807, 2.05) is 34.9 Å². The van der Waals surface area contributed by atoms with E-state index in [0.717, 1.165) is 54.9 Å². The van der Waals surface area contributed by atoms with Gasteiger partial charge in [-0.05, 0) is 49.5 Å². The van der Waals surface area contributed by atoms with Crippen molar-refractivity contribution in [1.82, 2.24) is 15.5 Å². The van der Waals surface area contributed by atoms with Gasteiger partial charge in [0.2, 0.25) is 11.8 Å². The van der Waals surface area contributed by atoms with Gasteiger partial charge in [0.1, 0.15) is 6.04 Å². The number of nitrogens with one attached hydrogen (secondary N) is 3. The van der Waals surface area contributed by atoms with Crippen molar-refractivity contribution < 1.29 is 9.59 Å². The number of carbonyl (C=O) groups excluding carboxylic acids is 2. The fourth-order valence-electron chi connectivity index (χ4n) is 4.95. The molecule has 2 saturated heterocycles. The molecule has 3 aliphatic rings. The molecule has 0 spiro atoms. The molecule has 6 nitrogen and oxygen atoms in total. The highest BCUT2D eigenvalue weighted by molar-refractivity contribution is 7.99. The Morgan fingerprint density at radius 2 is 1.85 bits per heavy atom. The summed E-state index contributed by atoms with van der Waals surface area (Å²) < 4.78 is 0. The molecule has 2 aliphatic heterocycles. The second-order valence-electron chi connectivity index (χ2n) is 9.48. The highest BCUT2D eigenvalue weighted by Gasteiger charge is 2.32. The number of hydrogen-bond donors (Lipinski definition) is 3.